The Hall–Kier alpha value is -1.87. The number of fused-ring (bicyclic) bond motifs is 1. The van der Waals surface area contributed by atoms with Crippen molar-refractivity contribution in [3.8, 4) is 11.6 Å². The molecule has 0 spiro atoms. The fourth-order valence-electron chi connectivity index (χ4n) is 1.80. The number of hydrogen-bond donors (Lipinski definition) is 0. The van der Waals surface area contributed by atoms with Crippen molar-refractivity contribution < 1.29 is 4.74 Å². The summed E-state index contributed by atoms with van der Waals surface area (Å²) in [5, 5.41) is 2.13. The van der Waals surface area contributed by atoms with Gasteiger partial charge in [0.25, 0.3) is 0 Å². The molecular formula is C15H10BrNO. The van der Waals surface area contributed by atoms with Crippen LogP contribution in [0.4, 0.5) is 0 Å². The van der Waals surface area contributed by atoms with E-state index in [1.165, 1.54) is 0 Å². The Morgan fingerprint density at radius 3 is 2.56 bits per heavy atom. The highest BCUT2D eigenvalue weighted by molar-refractivity contribution is 9.10. The molecule has 18 heavy (non-hydrogen) atoms. The SMILES string of the molecule is Brc1ccccc1Oc1nccc2ccccc12. The van der Waals surface area contributed by atoms with Crippen molar-refractivity contribution in [1.82, 2.24) is 4.98 Å². The van der Waals surface area contributed by atoms with Gasteiger partial charge in [-0.2, -0.15) is 0 Å². The molecule has 0 aliphatic rings. The van der Waals surface area contributed by atoms with Gasteiger partial charge in [0.2, 0.25) is 5.88 Å². The number of nitrogens with zero attached hydrogens (tertiary/aromatic N) is 1. The standard InChI is InChI=1S/C15H10BrNO/c16-13-7-3-4-8-14(13)18-15-12-6-2-1-5-11(12)9-10-17-15/h1-10H. The number of benzene rings is 2. The second-order valence-electron chi connectivity index (χ2n) is 3.87. The summed E-state index contributed by atoms with van der Waals surface area (Å²) >= 11 is 3.47. The van der Waals surface area contributed by atoms with Crippen LogP contribution < -0.4 is 4.74 Å². The number of aromatic nitrogens is 1. The monoisotopic (exact) mass is 299 g/mol. The van der Waals surface area contributed by atoms with Gasteiger partial charge in [-0.3, -0.25) is 0 Å². The summed E-state index contributed by atoms with van der Waals surface area (Å²) in [7, 11) is 0. The normalized spacial score (nSPS) is 10.5. The third-order valence-corrected chi connectivity index (χ3v) is 3.34. The van der Waals surface area contributed by atoms with Gasteiger partial charge < -0.3 is 4.74 Å². The van der Waals surface area contributed by atoms with E-state index in [0.717, 1.165) is 21.0 Å². The lowest BCUT2D eigenvalue weighted by Crippen LogP contribution is -1.89. The summed E-state index contributed by atoms with van der Waals surface area (Å²) < 4.78 is 6.78. The number of halogens is 1. The van der Waals surface area contributed by atoms with E-state index in [1.807, 2.05) is 54.6 Å². The number of ether oxygens (including phenoxy) is 1. The average Bonchev–Trinajstić information content (AvgIpc) is 2.42. The van der Waals surface area contributed by atoms with Gasteiger partial charge in [0.05, 0.1) is 4.47 Å². The summed E-state index contributed by atoms with van der Waals surface area (Å²) in [6, 6.07) is 17.8. The van der Waals surface area contributed by atoms with Gasteiger partial charge in [0.15, 0.2) is 0 Å². The van der Waals surface area contributed by atoms with Crippen molar-refractivity contribution in [1.29, 1.82) is 0 Å². The lowest BCUT2D eigenvalue weighted by atomic mass is 10.2. The quantitative estimate of drug-likeness (QED) is 0.679. The third-order valence-electron chi connectivity index (χ3n) is 2.68. The number of pyridine rings is 1. The second-order valence-corrected chi connectivity index (χ2v) is 4.72. The molecule has 0 atom stereocenters. The predicted octanol–water partition coefficient (Wildman–Crippen LogP) is 4.79. The summed E-state index contributed by atoms with van der Waals surface area (Å²) in [5.74, 6) is 1.39. The molecule has 2 aromatic carbocycles. The van der Waals surface area contributed by atoms with Gasteiger partial charge in [-0.25, -0.2) is 4.98 Å². The average molecular weight is 300 g/mol. The van der Waals surface area contributed by atoms with Gasteiger partial charge in [-0.1, -0.05) is 30.3 Å². The smallest absolute Gasteiger partial charge is 0.227 e. The molecular weight excluding hydrogens is 290 g/mol. The molecule has 2 nitrogen and oxygen atoms in total. The van der Waals surface area contributed by atoms with Crippen LogP contribution in [0.2, 0.25) is 0 Å². The minimum absolute atomic E-state index is 0.625. The lowest BCUT2D eigenvalue weighted by Gasteiger charge is -2.08. The lowest BCUT2D eigenvalue weighted by molar-refractivity contribution is 0.466. The summed E-state index contributed by atoms with van der Waals surface area (Å²) in [5.41, 5.74) is 0. The Labute approximate surface area is 113 Å². The van der Waals surface area contributed by atoms with Crippen LogP contribution in [0.5, 0.6) is 11.6 Å². The zero-order chi connectivity index (χ0) is 12.4. The Bertz CT molecular complexity index is 691. The highest BCUT2D eigenvalue weighted by Crippen LogP contribution is 2.31. The van der Waals surface area contributed by atoms with E-state index in [9.17, 15) is 0 Å². The van der Waals surface area contributed by atoms with Crippen LogP contribution in [-0.4, -0.2) is 4.98 Å². The minimum Gasteiger partial charge on any atom is -0.437 e. The maximum atomic E-state index is 5.86. The fraction of sp³-hybridized carbons (Fsp3) is 0. The first-order chi connectivity index (χ1) is 8.84. The first-order valence-electron chi connectivity index (χ1n) is 5.61. The van der Waals surface area contributed by atoms with Crippen molar-refractivity contribution in [3.63, 3.8) is 0 Å². The van der Waals surface area contributed by atoms with E-state index in [4.69, 9.17) is 4.74 Å². The maximum Gasteiger partial charge on any atom is 0.227 e. The van der Waals surface area contributed by atoms with Gasteiger partial charge in [-0.05, 0) is 45.6 Å². The van der Waals surface area contributed by atoms with Crippen LogP contribution in [0.15, 0.2) is 65.3 Å². The second kappa shape index (κ2) is 4.78. The third kappa shape index (κ3) is 2.09. The van der Waals surface area contributed by atoms with Crippen molar-refractivity contribution >= 4 is 26.7 Å². The highest BCUT2D eigenvalue weighted by atomic mass is 79.9. The number of hydrogen-bond acceptors (Lipinski definition) is 2. The molecule has 3 heteroatoms. The van der Waals surface area contributed by atoms with Gasteiger partial charge in [-0.15, -0.1) is 0 Å². The van der Waals surface area contributed by atoms with E-state index >= 15 is 0 Å². The molecule has 0 radical (unpaired) electrons. The summed E-state index contributed by atoms with van der Waals surface area (Å²) in [6.45, 7) is 0. The predicted molar refractivity (Wildman–Crippen MR) is 76.0 cm³/mol. The zero-order valence-electron chi connectivity index (χ0n) is 9.51. The first kappa shape index (κ1) is 11.2. The van der Waals surface area contributed by atoms with E-state index in [2.05, 4.69) is 20.9 Å². The van der Waals surface area contributed by atoms with Gasteiger partial charge in [0, 0.05) is 11.6 Å². The Balaban J connectivity index is 2.08. The largest absolute Gasteiger partial charge is 0.437 e. The molecule has 0 saturated carbocycles. The van der Waals surface area contributed by atoms with E-state index < -0.39 is 0 Å². The molecule has 0 saturated heterocycles. The molecule has 0 aliphatic carbocycles. The molecule has 1 aromatic heterocycles. The van der Waals surface area contributed by atoms with E-state index in [-0.39, 0.29) is 0 Å². The highest BCUT2D eigenvalue weighted by Gasteiger charge is 2.06. The number of rotatable bonds is 2. The van der Waals surface area contributed by atoms with Crippen LogP contribution in [0.3, 0.4) is 0 Å². The molecule has 3 rings (SSSR count). The van der Waals surface area contributed by atoms with Gasteiger partial charge >= 0.3 is 0 Å². The molecule has 3 aromatic rings. The molecule has 1 heterocycles. The summed E-state index contributed by atoms with van der Waals surface area (Å²) in [6.07, 6.45) is 1.76. The molecule has 0 unspecified atom stereocenters. The topological polar surface area (TPSA) is 22.1 Å². The van der Waals surface area contributed by atoms with Crippen LogP contribution in [0, 0.1) is 0 Å². The van der Waals surface area contributed by atoms with Crippen molar-refractivity contribution in [2.24, 2.45) is 0 Å². The molecule has 0 bridgehead atoms. The number of para-hydroxylation sites is 1. The Morgan fingerprint density at radius 2 is 1.67 bits per heavy atom. The van der Waals surface area contributed by atoms with E-state index in [1.54, 1.807) is 6.20 Å². The van der Waals surface area contributed by atoms with Crippen molar-refractivity contribution in [3.05, 3.63) is 65.3 Å². The Morgan fingerprint density at radius 1 is 0.889 bits per heavy atom. The molecule has 0 fully saturated rings. The first-order valence-corrected chi connectivity index (χ1v) is 6.40. The minimum atomic E-state index is 0.625. The fourth-order valence-corrected chi connectivity index (χ4v) is 2.17. The van der Waals surface area contributed by atoms with Crippen LogP contribution in [0.1, 0.15) is 0 Å². The van der Waals surface area contributed by atoms with Crippen LogP contribution >= 0.6 is 15.9 Å². The van der Waals surface area contributed by atoms with Crippen molar-refractivity contribution in [2.45, 2.75) is 0 Å². The van der Waals surface area contributed by atoms with Crippen molar-refractivity contribution in [2.75, 3.05) is 0 Å². The van der Waals surface area contributed by atoms with Gasteiger partial charge in [0.1, 0.15) is 5.75 Å². The summed E-state index contributed by atoms with van der Waals surface area (Å²) in [4.78, 5) is 4.30. The molecule has 0 aliphatic heterocycles. The van der Waals surface area contributed by atoms with Crippen LogP contribution in [-0.2, 0) is 0 Å². The van der Waals surface area contributed by atoms with Crippen LogP contribution in [0.25, 0.3) is 10.8 Å². The molecule has 0 amide bonds. The van der Waals surface area contributed by atoms with E-state index in [0.29, 0.717) is 5.88 Å². The molecule has 88 valence electrons. The zero-order valence-corrected chi connectivity index (χ0v) is 11.1. The molecule has 0 N–H and O–H groups in total. The Kier molecular flexibility index (Phi) is 2.99. The maximum absolute atomic E-state index is 5.86.